The van der Waals surface area contributed by atoms with Crippen molar-refractivity contribution in [3.63, 3.8) is 0 Å². The van der Waals surface area contributed by atoms with Gasteiger partial charge in [0.2, 0.25) is 0 Å². The Hall–Kier alpha value is -1.03. The van der Waals surface area contributed by atoms with Crippen LogP contribution in [0.1, 0.15) is 0 Å². The van der Waals surface area contributed by atoms with Crippen LogP contribution in [0.2, 0.25) is 0 Å². The molecule has 2 rings (SSSR count). The average molecular weight is 226 g/mol. The predicted molar refractivity (Wildman–Crippen MR) is 50.7 cm³/mol. The normalized spacial score (nSPS) is 10.5. The lowest BCUT2D eigenvalue weighted by molar-refractivity contribution is 0.891. The average Bonchev–Trinajstić information content (AvgIpc) is 2.64. The number of aromatic nitrogens is 3. The first-order valence-corrected chi connectivity index (χ1v) is 4.38. The van der Waals surface area contributed by atoms with Crippen LogP contribution in [0.3, 0.4) is 0 Å². The van der Waals surface area contributed by atoms with E-state index >= 15 is 0 Å². The second-order valence-electron chi connectivity index (χ2n) is 2.59. The van der Waals surface area contributed by atoms with Crippen molar-refractivity contribution in [3.05, 3.63) is 29.4 Å². The fourth-order valence-corrected chi connectivity index (χ4v) is 1.50. The Labute approximate surface area is 78.6 Å². The smallest absolute Gasteiger partial charge is 0.112 e. The number of rotatable bonds is 1. The first kappa shape index (κ1) is 7.61. The minimum atomic E-state index is 0.971. The Morgan fingerprint density at radius 1 is 1.58 bits per heavy atom. The van der Waals surface area contributed by atoms with Gasteiger partial charge >= 0.3 is 0 Å². The van der Waals surface area contributed by atoms with Gasteiger partial charge in [-0.3, -0.25) is 0 Å². The highest BCUT2D eigenvalue weighted by Crippen LogP contribution is 2.25. The van der Waals surface area contributed by atoms with Crippen molar-refractivity contribution in [2.24, 2.45) is 7.05 Å². The number of nitrogens with zero attached hydrogens (tertiary/aromatic N) is 2. The molecule has 0 amide bonds. The van der Waals surface area contributed by atoms with Crippen molar-refractivity contribution in [1.82, 2.24) is 14.5 Å². The van der Waals surface area contributed by atoms with E-state index in [9.17, 15) is 0 Å². The Balaban J connectivity index is 2.55. The molecule has 2 heterocycles. The van der Waals surface area contributed by atoms with Gasteiger partial charge in [-0.15, -0.1) is 0 Å². The monoisotopic (exact) mass is 225 g/mol. The molecule has 0 saturated heterocycles. The Bertz CT molecular complexity index is 375. The molecule has 0 saturated carbocycles. The van der Waals surface area contributed by atoms with Crippen LogP contribution in [0, 0.1) is 0 Å². The van der Waals surface area contributed by atoms with E-state index in [2.05, 4.69) is 25.9 Å². The molecule has 1 N–H and O–H groups in total. The Kier molecular flexibility index (Phi) is 1.77. The van der Waals surface area contributed by atoms with E-state index in [1.165, 1.54) is 0 Å². The van der Waals surface area contributed by atoms with E-state index in [1.54, 1.807) is 6.33 Å². The first-order valence-electron chi connectivity index (χ1n) is 3.59. The third kappa shape index (κ3) is 1.08. The molecular weight excluding hydrogens is 218 g/mol. The van der Waals surface area contributed by atoms with Gasteiger partial charge in [-0.1, -0.05) is 0 Å². The third-order valence-electron chi connectivity index (χ3n) is 1.74. The largest absolute Gasteiger partial charge is 0.367 e. The summed E-state index contributed by atoms with van der Waals surface area (Å²) in [6.07, 6.45) is 5.59. The lowest BCUT2D eigenvalue weighted by Gasteiger charge is -1.93. The van der Waals surface area contributed by atoms with Gasteiger partial charge < -0.3 is 9.55 Å². The van der Waals surface area contributed by atoms with Crippen molar-refractivity contribution in [2.45, 2.75) is 0 Å². The summed E-state index contributed by atoms with van der Waals surface area (Å²) in [7, 11) is 1.95. The molecule has 0 aliphatic heterocycles. The van der Waals surface area contributed by atoms with E-state index in [4.69, 9.17) is 0 Å². The van der Waals surface area contributed by atoms with E-state index in [-0.39, 0.29) is 0 Å². The molecule has 0 atom stereocenters. The van der Waals surface area contributed by atoms with Gasteiger partial charge in [-0.05, 0) is 22.0 Å². The van der Waals surface area contributed by atoms with Crippen molar-refractivity contribution in [3.8, 4) is 11.3 Å². The molecule has 2 aromatic heterocycles. The van der Waals surface area contributed by atoms with Crippen LogP contribution >= 0.6 is 15.9 Å². The molecule has 0 bridgehead atoms. The minimum absolute atomic E-state index is 0.971. The van der Waals surface area contributed by atoms with Crippen molar-refractivity contribution in [2.75, 3.05) is 0 Å². The van der Waals surface area contributed by atoms with Gasteiger partial charge in [0, 0.05) is 25.0 Å². The molecule has 4 heteroatoms. The van der Waals surface area contributed by atoms with Crippen LogP contribution in [0.15, 0.2) is 29.4 Å². The van der Waals surface area contributed by atoms with Crippen LogP contribution < -0.4 is 0 Å². The molecule has 0 spiro atoms. The lowest BCUT2D eigenvalue weighted by Crippen LogP contribution is -1.83. The molecule has 0 unspecified atom stereocenters. The molecule has 62 valence electrons. The topological polar surface area (TPSA) is 33.6 Å². The molecular formula is C8H8BrN3. The molecule has 0 aliphatic rings. The molecule has 0 fully saturated rings. The molecule has 0 aliphatic carbocycles. The van der Waals surface area contributed by atoms with E-state index < -0.39 is 0 Å². The van der Waals surface area contributed by atoms with Crippen LogP contribution in [0.25, 0.3) is 11.3 Å². The maximum Gasteiger partial charge on any atom is 0.112 e. The Morgan fingerprint density at radius 2 is 2.42 bits per heavy atom. The number of aromatic amines is 1. The summed E-state index contributed by atoms with van der Waals surface area (Å²) in [6, 6.07) is 1.99. The number of halogens is 1. The fourth-order valence-electron chi connectivity index (χ4n) is 1.08. The summed E-state index contributed by atoms with van der Waals surface area (Å²) in [4.78, 5) is 7.25. The highest BCUT2D eigenvalue weighted by Gasteiger charge is 2.07. The van der Waals surface area contributed by atoms with E-state index in [0.29, 0.717) is 0 Å². The molecule has 0 radical (unpaired) electrons. The fraction of sp³-hybridized carbons (Fsp3) is 0.125. The van der Waals surface area contributed by atoms with Crippen LogP contribution in [0.5, 0.6) is 0 Å². The maximum absolute atomic E-state index is 4.25. The third-order valence-corrected chi connectivity index (χ3v) is 2.67. The second kappa shape index (κ2) is 2.79. The SMILES string of the molecule is Cn1cnc(-c2cc[nH]c2)c1Br. The second-order valence-corrected chi connectivity index (χ2v) is 3.35. The number of hydrogen-bond acceptors (Lipinski definition) is 1. The van der Waals surface area contributed by atoms with Crippen molar-refractivity contribution >= 4 is 15.9 Å². The maximum atomic E-state index is 4.25. The Morgan fingerprint density at radius 3 is 2.92 bits per heavy atom. The van der Waals surface area contributed by atoms with Crippen molar-refractivity contribution < 1.29 is 0 Å². The minimum Gasteiger partial charge on any atom is -0.367 e. The number of nitrogens with one attached hydrogen (secondary N) is 1. The number of hydrogen-bond donors (Lipinski definition) is 1. The molecule has 3 nitrogen and oxygen atoms in total. The van der Waals surface area contributed by atoms with Crippen molar-refractivity contribution in [1.29, 1.82) is 0 Å². The van der Waals surface area contributed by atoms with Crippen LogP contribution in [-0.4, -0.2) is 14.5 Å². The summed E-state index contributed by atoms with van der Waals surface area (Å²) >= 11 is 3.46. The zero-order chi connectivity index (χ0) is 8.55. The molecule has 0 aromatic carbocycles. The van der Waals surface area contributed by atoms with Gasteiger partial charge in [0.1, 0.15) is 10.3 Å². The van der Waals surface area contributed by atoms with Crippen LogP contribution in [-0.2, 0) is 7.05 Å². The van der Waals surface area contributed by atoms with Gasteiger partial charge in [-0.2, -0.15) is 0 Å². The van der Waals surface area contributed by atoms with Crippen LogP contribution in [0.4, 0.5) is 0 Å². The first-order chi connectivity index (χ1) is 5.79. The summed E-state index contributed by atoms with van der Waals surface area (Å²) in [5, 5.41) is 0. The summed E-state index contributed by atoms with van der Waals surface area (Å²) in [6.45, 7) is 0. The zero-order valence-corrected chi connectivity index (χ0v) is 8.17. The summed E-state index contributed by atoms with van der Waals surface area (Å²) < 4.78 is 2.93. The lowest BCUT2D eigenvalue weighted by atomic mass is 10.3. The summed E-state index contributed by atoms with van der Waals surface area (Å²) in [5.41, 5.74) is 2.07. The standard InChI is InChI=1S/C8H8BrN3/c1-12-5-11-7(8(12)9)6-2-3-10-4-6/h2-5,10H,1H3. The quantitative estimate of drug-likeness (QED) is 0.794. The highest BCUT2D eigenvalue weighted by molar-refractivity contribution is 9.10. The van der Waals surface area contributed by atoms with E-state index in [1.807, 2.05) is 30.1 Å². The molecule has 2 aromatic rings. The predicted octanol–water partition coefficient (Wildman–Crippen LogP) is 2.18. The summed E-state index contributed by atoms with van der Waals surface area (Å²) in [5.74, 6) is 0. The zero-order valence-electron chi connectivity index (χ0n) is 6.58. The van der Waals surface area contributed by atoms with Gasteiger partial charge in [0.25, 0.3) is 0 Å². The van der Waals surface area contributed by atoms with E-state index in [0.717, 1.165) is 15.9 Å². The number of H-pyrrole nitrogens is 1. The molecule has 12 heavy (non-hydrogen) atoms. The number of imidazole rings is 1. The van der Waals surface area contributed by atoms with Gasteiger partial charge in [0.15, 0.2) is 0 Å². The van der Waals surface area contributed by atoms with Gasteiger partial charge in [-0.25, -0.2) is 4.98 Å². The van der Waals surface area contributed by atoms with Gasteiger partial charge in [0.05, 0.1) is 6.33 Å². The number of aryl methyl sites for hydroxylation is 1. The highest BCUT2D eigenvalue weighted by atomic mass is 79.9.